The highest BCUT2D eigenvalue weighted by Crippen LogP contribution is 2.32. The van der Waals surface area contributed by atoms with E-state index in [1.54, 1.807) is 6.92 Å². The number of benzene rings is 2. The van der Waals surface area contributed by atoms with Crippen LogP contribution in [0.1, 0.15) is 31.0 Å². The van der Waals surface area contributed by atoms with Gasteiger partial charge in [0.1, 0.15) is 0 Å². The summed E-state index contributed by atoms with van der Waals surface area (Å²) in [5, 5.41) is 0. The molecule has 0 N–H and O–H groups in total. The second-order valence-electron chi connectivity index (χ2n) is 6.96. The maximum absolute atomic E-state index is 12.6. The molecular weight excluding hydrogens is 354 g/mol. The summed E-state index contributed by atoms with van der Waals surface area (Å²) in [6.45, 7) is 3.31. The van der Waals surface area contributed by atoms with Gasteiger partial charge >= 0.3 is 6.09 Å². The minimum atomic E-state index is -0.645. The maximum Gasteiger partial charge on any atom is 0.417 e. The molecule has 0 heterocycles. The molecule has 2 amide bonds. The van der Waals surface area contributed by atoms with Crippen molar-refractivity contribution in [3.8, 4) is 0 Å². The normalized spacial score (nSPS) is 10.5. The van der Waals surface area contributed by atoms with Gasteiger partial charge in [-0.15, -0.1) is 0 Å². The Morgan fingerprint density at radius 1 is 0.821 bits per heavy atom. The smallest absolute Gasteiger partial charge is 0.417 e. The Hall–Kier alpha value is -3.02. The van der Waals surface area contributed by atoms with Crippen molar-refractivity contribution in [1.82, 2.24) is 4.90 Å². The standard InChI is InChI=1S/C22H29N3O3/c1-7-28-22(27)25(16(2)26)21(17-8-12-19(13-9-17)23(3)4)18-10-14-20(15-11-18)24(5)6/h8-15,21H,7H2,1-6H3. The van der Waals surface area contributed by atoms with Gasteiger partial charge in [0.05, 0.1) is 12.6 Å². The first-order valence-electron chi connectivity index (χ1n) is 9.27. The van der Waals surface area contributed by atoms with E-state index in [9.17, 15) is 9.59 Å². The molecule has 2 aromatic carbocycles. The van der Waals surface area contributed by atoms with E-state index in [1.807, 2.05) is 86.5 Å². The van der Waals surface area contributed by atoms with Gasteiger partial charge in [0, 0.05) is 46.5 Å². The van der Waals surface area contributed by atoms with E-state index in [-0.39, 0.29) is 12.5 Å². The van der Waals surface area contributed by atoms with Crippen LogP contribution >= 0.6 is 0 Å². The van der Waals surface area contributed by atoms with Crippen LogP contribution < -0.4 is 9.80 Å². The van der Waals surface area contributed by atoms with Gasteiger partial charge in [0.2, 0.25) is 5.91 Å². The van der Waals surface area contributed by atoms with Crippen molar-refractivity contribution >= 4 is 23.4 Å². The van der Waals surface area contributed by atoms with Gasteiger partial charge in [-0.25, -0.2) is 9.69 Å². The first-order valence-corrected chi connectivity index (χ1v) is 9.27. The van der Waals surface area contributed by atoms with Crippen molar-refractivity contribution in [2.75, 3.05) is 44.6 Å². The third kappa shape index (κ3) is 4.82. The van der Waals surface area contributed by atoms with Crippen LogP contribution in [0.4, 0.5) is 16.2 Å². The third-order valence-electron chi connectivity index (χ3n) is 4.51. The van der Waals surface area contributed by atoms with Gasteiger partial charge in [-0.2, -0.15) is 0 Å². The van der Waals surface area contributed by atoms with Crippen LogP contribution in [0.15, 0.2) is 48.5 Å². The number of ether oxygens (including phenoxy) is 1. The molecule has 150 valence electrons. The SMILES string of the molecule is CCOC(=O)N(C(C)=O)C(c1ccc(N(C)C)cc1)c1ccc(N(C)C)cc1. The fourth-order valence-corrected chi connectivity index (χ4v) is 3.01. The Bertz CT molecular complexity index is 747. The molecule has 0 spiro atoms. The second-order valence-corrected chi connectivity index (χ2v) is 6.96. The third-order valence-corrected chi connectivity index (χ3v) is 4.51. The van der Waals surface area contributed by atoms with Crippen molar-refractivity contribution < 1.29 is 14.3 Å². The molecule has 0 atom stereocenters. The number of hydrogen-bond donors (Lipinski definition) is 0. The van der Waals surface area contributed by atoms with Crippen LogP contribution in [0.2, 0.25) is 0 Å². The van der Waals surface area contributed by atoms with Gasteiger partial charge < -0.3 is 14.5 Å². The van der Waals surface area contributed by atoms with Crippen LogP contribution in [0, 0.1) is 0 Å². The van der Waals surface area contributed by atoms with E-state index >= 15 is 0 Å². The molecular formula is C22H29N3O3. The zero-order valence-electron chi connectivity index (χ0n) is 17.5. The van der Waals surface area contributed by atoms with E-state index in [0.29, 0.717) is 0 Å². The molecule has 6 heteroatoms. The van der Waals surface area contributed by atoms with Crippen LogP contribution in [0.5, 0.6) is 0 Å². The van der Waals surface area contributed by atoms with Crippen LogP contribution in [0.3, 0.4) is 0 Å². The molecule has 0 saturated heterocycles. The lowest BCUT2D eigenvalue weighted by Gasteiger charge is -2.30. The van der Waals surface area contributed by atoms with E-state index in [2.05, 4.69) is 0 Å². The van der Waals surface area contributed by atoms with Gasteiger partial charge in [-0.3, -0.25) is 4.79 Å². The summed E-state index contributed by atoms with van der Waals surface area (Å²) < 4.78 is 5.16. The molecule has 0 radical (unpaired) electrons. The zero-order chi connectivity index (χ0) is 20.8. The van der Waals surface area contributed by atoms with Crippen LogP contribution in [-0.4, -0.2) is 51.7 Å². The molecule has 6 nitrogen and oxygen atoms in total. The lowest BCUT2D eigenvalue weighted by molar-refractivity contribution is -0.128. The Morgan fingerprint density at radius 3 is 1.50 bits per heavy atom. The molecule has 0 aliphatic heterocycles. The summed E-state index contributed by atoms with van der Waals surface area (Å²) in [5.74, 6) is -0.364. The first kappa shape index (κ1) is 21.3. The molecule has 0 aliphatic rings. The fourth-order valence-electron chi connectivity index (χ4n) is 3.01. The molecule has 2 aromatic rings. The molecule has 0 fully saturated rings. The lowest BCUT2D eigenvalue weighted by Crippen LogP contribution is -2.39. The average Bonchev–Trinajstić information content (AvgIpc) is 2.66. The average molecular weight is 383 g/mol. The number of imide groups is 1. The summed E-state index contributed by atoms with van der Waals surface area (Å²) in [6, 6.07) is 15.1. The van der Waals surface area contributed by atoms with Crippen molar-refractivity contribution in [2.45, 2.75) is 19.9 Å². The monoisotopic (exact) mass is 383 g/mol. The Kier molecular flexibility index (Phi) is 7.04. The summed E-state index contributed by atoms with van der Waals surface area (Å²) in [7, 11) is 7.86. The summed E-state index contributed by atoms with van der Waals surface area (Å²) in [4.78, 5) is 30.2. The van der Waals surface area contributed by atoms with E-state index < -0.39 is 12.1 Å². The molecule has 0 aliphatic carbocycles. The van der Waals surface area contributed by atoms with Gasteiger partial charge in [0.25, 0.3) is 0 Å². The molecule has 0 aromatic heterocycles. The van der Waals surface area contributed by atoms with Crippen molar-refractivity contribution in [3.63, 3.8) is 0 Å². The predicted molar refractivity (Wildman–Crippen MR) is 113 cm³/mol. The van der Waals surface area contributed by atoms with Crippen molar-refractivity contribution in [3.05, 3.63) is 59.7 Å². The highest BCUT2D eigenvalue weighted by Gasteiger charge is 2.31. The number of amides is 2. The summed E-state index contributed by atoms with van der Waals surface area (Å²) in [6.07, 6.45) is -0.645. The molecule has 0 saturated carbocycles. The van der Waals surface area contributed by atoms with Gasteiger partial charge in [0.15, 0.2) is 0 Å². The lowest BCUT2D eigenvalue weighted by atomic mass is 9.96. The Morgan fingerprint density at radius 2 is 1.21 bits per heavy atom. The Labute approximate surface area is 167 Å². The van der Waals surface area contributed by atoms with Crippen molar-refractivity contribution in [2.24, 2.45) is 0 Å². The molecule has 0 unspecified atom stereocenters. The highest BCUT2D eigenvalue weighted by atomic mass is 16.6. The van der Waals surface area contributed by atoms with Crippen LogP contribution in [-0.2, 0) is 9.53 Å². The Balaban J connectivity index is 2.55. The number of rotatable bonds is 6. The molecule has 28 heavy (non-hydrogen) atoms. The molecule has 0 bridgehead atoms. The number of carbonyl (C=O) groups excluding carboxylic acids is 2. The zero-order valence-corrected chi connectivity index (χ0v) is 17.5. The van der Waals surface area contributed by atoms with Crippen LogP contribution in [0.25, 0.3) is 0 Å². The first-order chi connectivity index (χ1) is 13.3. The number of nitrogens with zero attached hydrogens (tertiary/aromatic N) is 3. The highest BCUT2D eigenvalue weighted by molar-refractivity contribution is 5.91. The second kappa shape index (κ2) is 9.26. The summed E-state index contributed by atoms with van der Waals surface area (Å²) >= 11 is 0. The molecule has 2 rings (SSSR count). The quantitative estimate of drug-likeness (QED) is 0.757. The number of carbonyl (C=O) groups is 2. The largest absolute Gasteiger partial charge is 0.449 e. The van der Waals surface area contributed by atoms with E-state index in [1.165, 1.54) is 11.8 Å². The van der Waals surface area contributed by atoms with E-state index in [0.717, 1.165) is 22.5 Å². The van der Waals surface area contributed by atoms with E-state index in [4.69, 9.17) is 4.74 Å². The van der Waals surface area contributed by atoms with Gasteiger partial charge in [-0.05, 0) is 42.3 Å². The maximum atomic E-state index is 12.6. The van der Waals surface area contributed by atoms with Crippen molar-refractivity contribution in [1.29, 1.82) is 0 Å². The topological polar surface area (TPSA) is 53.1 Å². The van der Waals surface area contributed by atoms with Gasteiger partial charge in [-0.1, -0.05) is 24.3 Å². The minimum Gasteiger partial charge on any atom is -0.449 e. The summed E-state index contributed by atoms with van der Waals surface area (Å²) in [5.41, 5.74) is 3.75. The fraction of sp³-hybridized carbons (Fsp3) is 0.364. The number of hydrogen-bond acceptors (Lipinski definition) is 5. The predicted octanol–water partition coefficient (Wildman–Crippen LogP) is 3.91. The number of anilines is 2. The minimum absolute atomic E-state index is 0.203.